The number of fused-ring (bicyclic) bond motifs is 1. The highest BCUT2D eigenvalue weighted by Crippen LogP contribution is 2.37. The number of hydrogen-bond acceptors (Lipinski definition) is 9. The van der Waals surface area contributed by atoms with Crippen molar-refractivity contribution in [2.24, 2.45) is 0 Å². The summed E-state index contributed by atoms with van der Waals surface area (Å²) < 4.78 is 44.8. The molecule has 0 unspecified atom stereocenters. The van der Waals surface area contributed by atoms with Gasteiger partial charge in [0.15, 0.2) is 0 Å². The van der Waals surface area contributed by atoms with Crippen LogP contribution in [0.4, 0.5) is 25.4 Å². The molecule has 0 N–H and O–H groups in total. The Labute approximate surface area is 350 Å². The maximum atomic E-state index is 14.0. The van der Waals surface area contributed by atoms with E-state index in [1.807, 2.05) is 110 Å². The summed E-state index contributed by atoms with van der Waals surface area (Å²) in [5, 5.41) is 0. The summed E-state index contributed by atoms with van der Waals surface area (Å²) in [6.07, 6.45) is -0.838. The first-order valence-electron chi connectivity index (χ1n) is 20.5. The number of rotatable bonds is 12. The van der Waals surface area contributed by atoms with Gasteiger partial charge < -0.3 is 43.3 Å². The highest BCUT2D eigenvalue weighted by Gasteiger charge is 2.44. The van der Waals surface area contributed by atoms with Gasteiger partial charge in [0, 0.05) is 45.2 Å². The Bertz CT molecular complexity index is 2210. The zero-order valence-corrected chi connectivity index (χ0v) is 34.0. The van der Waals surface area contributed by atoms with E-state index < -0.39 is 24.3 Å². The average Bonchev–Trinajstić information content (AvgIpc) is 3.76. The van der Waals surface area contributed by atoms with Crippen molar-refractivity contribution < 1.29 is 37.7 Å². The van der Waals surface area contributed by atoms with Crippen LogP contribution in [0.15, 0.2) is 127 Å². The van der Waals surface area contributed by atoms with Crippen LogP contribution in [0.5, 0.6) is 11.5 Å². The summed E-state index contributed by atoms with van der Waals surface area (Å²) in [7, 11) is 3.75. The lowest BCUT2D eigenvalue weighted by atomic mass is 9.82. The van der Waals surface area contributed by atoms with E-state index in [0.29, 0.717) is 18.9 Å². The maximum absolute atomic E-state index is 14.0. The summed E-state index contributed by atoms with van der Waals surface area (Å²) in [5.74, 6) is 0.900. The lowest BCUT2D eigenvalue weighted by molar-refractivity contribution is -0.0512. The molecule has 0 bridgehead atoms. The first-order chi connectivity index (χ1) is 29.3. The summed E-state index contributed by atoms with van der Waals surface area (Å²) in [6.45, 7) is 3.69. The molecule has 2 amide bonds. The van der Waals surface area contributed by atoms with Crippen molar-refractivity contribution in [3.8, 4) is 11.5 Å². The van der Waals surface area contributed by atoms with Crippen LogP contribution in [0, 0.1) is 5.82 Å². The fraction of sp³-hybridized carbons (Fsp3) is 0.333. The number of hydrogen-bond donors (Lipinski definition) is 0. The molecule has 8 rings (SSSR count). The van der Waals surface area contributed by atoms with Gasteiger partial charge in [0.1, 0.15) is 43.2 Å². The Morgan fingerprint density at radius 3 is 2.23 bits per heavy atom. The molecule has 5 aromatic carbocycles. The Kier molecular flexibility index (Phi) is 12.7. The van der Waals surface area contributed by atoms with Crippen molar-refractivity contribution in [3.63, 3.8) is 0 Å². The van der Waals surface area contributed by atoms with Crippen LogP contribution in [0.2, 0.25) is 0 Å². The highest BCUT2D eigenvalue weighted by molar-refractivity contribution is 5.70. The number of halogens is 1. The number of anilines is 2. The summed E-state index contributed by atoms with van der Waals surface area (Å²) >= 11 is 0. The highest BCUT2D eigenvalue weighted by atomic mass is 19.1. The van der Waals surface area contributed by atoms with Crippen LogP contribution < -0.4 is 19.3 Å². The van der Waals surface area contributed by atoms with Gasteiger partial charge in [-0.05, 0) is 64.7 Å². The van der Waals surface area contributed by atoms with Crippen molar-refractivity contribution in [1.82, 2.24) is 9.80 Å². The van der Waals surface area contributed by atoms with Crippen molar-refractivity contribution >= 4 is 23.6 Å². The topological polar surface area (TPSA) is 93.3 Å². The predicted octanol–water partition coefficient (Wildman–Crippen LogP) is 8.27. The molecule has 12 heteroatoms. The van der Waals surface area contributed by atoms with E-state index in [9.17, 15) is 14.0 Å². The molecule has 0 aromatic heterocycles. The third kappa shape index (κ3) is 9.77. The molecule has 0 spiro atoms. The van der Waals surface area contributed by atoms with Crippen molar-refractivity contribution in [3.05, 3.63) is 155 Å². The van der Waals surface area contributed by atoms with Crippen molar-refractivity contribution in [2.45, 2.75) is 50.4 Å². The molecule has 4 atom stereocenters. The van der Waals surface area contributed by atoms with Crippen LogP contribution in [-0.2, 0) is 34.0 Å². The Morgan fingerprint density at radius 2 is 1.50 bits per heavy atom. The van der Waals surface area contributed by atoms with E-state index in [1.165, 1.54) is 6.07 Å². The number of carbonyl (C=O) groups excluding carboxylic acids is 2. The third-order valence-electron chi connectivity index (χ3n) is 11.5. The predicted molar refractivity (Wildman–Crippen MR) is 227 cm³/mol. The first-order valence-corrected chi connectivity index (χ1v) is 20.5. The second-order valence-corrected chi connectivity index (χ2v) is 15.6. The number of benzene rings is 5. The van der Waals surface area contributed by atoms with Crippen molar-refractivity contribution in [2.75, 3.05) is 63.2 Å². The van der Waals surface area contributed by atoms with Crippen LogP contribution in [0.3, 0.4) is 0 Å². The Balaban J connectivity index is 1.06. The van der Waals surface area contributed by atoms with Crippen LogP contribution in [0.1, 0.15) is 34.6 Å². The number of nitrogens with zero attached hydrogens (tertiary/aromatic N) is 4. The zero-order chi connectivity index (χ0) is 41.4. The molecule has 0 saturated carbocycles. The van der Waals surface area contributed by atoms with E-state index >= 15 is 0 Å². The largest absolute Gasteiger partial charge is 0.490 e. The van der Waals surface area contributed by atoms with E-state index in [2.05, 4.69) is 15.9 Å². The minimum atomic E-state index is -0.555. The van der Waals surface area contributed by atoms with E-state index in [-0.39, 0.29) is 50.7 Å². The van der Waals surface area contributed by atoms with E-state index in [4.69, 9.17) is 23.7 Å². The van der Waals surface area contributed by atoms with Gasteiger partial charge in [0.05, 0.1) is 44.1 Å². The fourth-order valence-electron chi connectivity index (χ4n) is 8.25. The molecule has 3 aliphatic rings. The van der Waals surface area contributed by atoms with Crippen LogP contribution >= 0.6 is 0 Å². The minimum absolute atomic E-state index is 0.0698. The quantitative estimate of drug-likeness (QED) is 0.123. The fourth-order valence-corrected chi connectivity index (χ4v) is 8.25. The third-order valence-corrected chi connectivity index (χ3v) is 11.5. The number of piperidine rings is 1. The number of ether oxygens (including phenoxy) is 5. The summed E-state index contributed by atoms with van der Waals surface area (Å²) in [4.78, 5) is 35.3. The Hall–Kier alpha value is -6.27. The molecule has 11 nitrogen and oxygen atoms in total. The van der Waals surface area contributed by atoms with Gasteiger partial charge in [-0.1, -0.05) is 84.9 Å². The molecule has 2 fully saturated rings. The zero-order valence-electron chi connectivity index (χ0n) is 34.0. The number of likely N-dealkylation sites (N-methyl/N-ethyl adjacent to an activating group) is 2. The van der Waals surface area contributed by atoms with Gasteiger partial charge in [-0.25, -0.2) is 14.0 Å². The van der Waals surface area contributed by atoms with Crippen molar-refractivity contribution in [1.29, 1.82) is 0 Å². The second-order valence-electron chi connectivity index (χ2n) is 15.6. The Morgan fingerprint density at radius 1 is 0.767 bits per heavy atom. The molecular weight excluding hydrogens is 764 g/mol. The molecule has 60 heavy (non-hydrogen) atoms. The lowest BCUT2D eigenvalue weighted by Gasteiger charge is -2.46. The first kappa shape index (κ1) is 40.5. The SMILES string of the molecule is CN1CCOc2ccc(CO[C@H]3CN(C(=O)OCc4ccccc4)C[C@@H](N(C)C(=O)OCc4ccccc4)[C@@H]3c3ccc(O[C@H]4CCN(c5cccc(F)c5)C4)cc3)cc21. The molecule has 3 heterocycles. The summed E-state index contributed by atoms with van der Waals surface area (Å²) in [6, 6.07) is 39.1. The van der Waals surface area contributed by atoms with E-state index in [0.717, 1.165) is 58.9 Å². The molecule has 0 aliphatic carbocycles. The molecule has 2 saturated heterocycles. The normalized spacial score (nSPS) is 19.9. The van der Waals surface area contributed by atoms with Crippen LogP contribution in [-0.4, -0.2) is 93.7 Å². The number of amides is 2. The average molecular weight is 815 g/mol. The van der Waals surface area contributed by atoms with Gasteiger partial charge >= 0.3 is 12.2 Å². The van der Waals surface area contributed by atoms with E-state index in [1.54, 1.807) is 29.0 Å². The second kappa shape index (κ2) is 18.8. The standard InChI is InChI=1S/C48H51FN4O7/c1-50-24-25-56-44-21-16-36(26-42(44)50)33-57-45-30-53(48(55)59-32-35-12-7-4-8-13-35)29-43(51(2)47(54)58-31-34-10-5-3-6-11-34)46(45)37-17-19-40(20-18-37)60-41-22-23-52(28-41)39-15-9-14-38(49)27-39/h3-21,26-27,41,43,45-46H,22-25,28-33H2,1-2H3/t41-,43+,45-,46-/m0/s1. The van der Waals surface area contributed by atoms with Gasteiger partial charge in [0.25, 0.3) is 0 Å². The van der Waals surface area contributed by atoms with Gasteiger partial charge in [-0.2, -0.15) is 0 Å². The monoisotopic (exact) mass is 814 g/mol. The molecular formula is C48H51FN4O7. The summed E-state index contributed by atoms with van der Waals surface area (Å²) in [5.41, 5.74) is 5.44. The molecule has 0 radical (unpaired) electrons. The molecule has 3 aliphatic heterocycles. The van der Waals surface area contributed by atoms with Gasteiger partial charge in [-0.3, -0.25) is 0 Å². The van der Waals surface area contributed by atoms with Gasteiger partial charge in [-0.15, -0.1) is 0 Å². The number of likely N-dealkylation sites (tertiary alicyclic amines) is 1. The maximum Gasteiger partial charge on any atom is 0.410 e. The van der Waals surface area contributed by atoms with Gasteiger partial charge in [0.2, 0.25) is 0 Å². The smallest absolute Gasteiger partial charge is 0.410 e. The molecule has 5 aromatic rings. The minimum Gasteiger partial charge on any atom is -0.490 e. The van der Waals surface area contributed by atoms with Crippen LogP contribution in [0.25, 0.3) is 0 Å². The lowest BCUT2D eigenvalue weighted by Crippen LogP contribution is -2.59. The molecule has 312 valence electrons. The number of carbonyl (C=O) groups is 2.